The van der Waals surface area contributed by atoms with E-state index in [2.05, 4.69) is 66.5 Å². The number of fused-ring (bicyclic) bond motifs is 3. The number of aromatic nitrogens is 1. The predicted octanol–water partition coefficient (Wildman–Crippen LogP) is 7.12. The minimum absolute atomic E-state index is 0.860. The quantitative estimate of drug-likeness (QED) is 0.444. The molecule has 1 aliphatic carbocycles. The highest BCUT2D eigenvalue weighted by atomic mass is 127. The average Bonchev–Trinajstić information content (AvgIpc) is 2.89. The van der Waals surface area contributed by atoms with Gasteiger partial charge in [-0.05, 0) is 83.7 Å². The van der Waals surface area contributed by atoms with E-state index in [1.807, 2.05) is 0 Å². The topological polar surface area (TPSA) is 15.8 Å². The Morgan fingerprint density at radius 1 is 1.17 bits per heavy atom. The van der Waals surface area contributed by atoms with Crippen LogP contribution in [0.3, 0.4) is 0 Å². The van der Waals surface area contributed by atoms with Crippen molar-refractivity contribution in [1.82, 2.24) is 4.98 Å². The first-order valence-corrected chi connectivity index (χ1v) is 10.9. The zero-order chi connectivity index (χ0) is 17.1. The summed E-state index contributed by atoms with van der Waals surface area (Å²) < 4.78 is 1.32. The van der Waals surface area contributed by atoms with E-state index in [9.17, 15) is 0 Å². The lowest BCUT2D eigenvalue weighted by Crippen LogP contribution is -2.14. The van der Waals surface area contributed by atoms with Crippen LogP contribution in [0.5, 0.6) is 0 Å². The van der Waals surface area contributed by atoms with Gasteiger partial charge >= 0.3 is 0 Å². The van der Waals surface area contributed by atoms with Crippen LogP contribution < -0.4 is 0 Å². The van der Waals surface area contributed by atoms with Crippen LogP contribution in [0, 0.1) is 21.3 Å². The number of benzene rings is 1. The fourth-order valence-electron chi connectivity index (χ4n) is 4.25. The standard InChI is InChI=1S/C22H32IN/c1-15(2)5-4-6-16(3)7-8-17-9-12-21-20(13-17)19-11-10-18(23)14-22(19)24-21/h10-11,14-17,24H,4-9,12-13H2,1-3H3. The highest BCUT2D eigenvalue weighted by Crippen LogP contribution is 2.35. The zero-order valence-electron chi connectivity index (χ0n) is 15.5. The molecule has 0 radical (unpaired) electrons. The van der Waals surface area contributed by atoms with Gasteiger partial charge in [0.2, 0.25) is 0 Å². The first kappa shape index (κ1) is 18.3. The summed E-state index contributed by atoms with van der Waals surface area (Å²) in [6, 6.07) is 6.86. The highest BCUT2D eigenvalue weighted by molar-refractivity contribution is 14.1. The number of H-pyrrole nitrogens is 1. The number of aromatic amines is 1. The van der Waals surface area contributed by atoms with Gasteiger partial charge < -0.3 is 4.98 Å². The summed E-state index contributed by atoms with van der Waals surface area (Å²) in [4.78, 5) is 3.68. The van der Waals surface area contributed by atoms with Crippen LogP contribution in [-0.4, -0.2) is 4.98 Å². The molecule has 1 N–H and O–H groups in total. The molecule has 0 spiro atoms. The molecule has 0 aliphatic heterocycles. The SMILES string of the molecule is CC(C)CCCC(C)CCC1CCc2[nH]c3cc(I)ccc3c2C1. The number of hydrogen-bond donors (Lipinski definition) is 1. The summed E-state index contributed by atoms with van der Waals surface area (Å²) >= 11 is 2.41. The molecular weight excluding hydrogens is 405 g/mol. The molecule has 24 heavy (non-hydrogen) atoms. The van der Waals surface area contributed by atoms with Gasteiger partial charge in [-0.25, -0.2) is 0 Å². The van der Waals surface area contributed by atoms with Crippen LogP contribution in [0.2, 0.25) is 0 Å². The van der Waals surface area contributed by atoms with Crippen molar-refractivity contribution >= 4 is 33.5 Å². The van der Waals surface area contributed by atoms with E-state index < -0.39 is 0 Å². The van der Waals surface area contributed by atoms with E-state index in [1.54, 1.807) is 5.56 Å². The Kier molecular flexibility index (Phi) is 6.28. The number of aryl methyl sites for hydroxylation is 1. The molecule has 1 aromatic carbocycles. The first-order chi connectivity index (χ1) is 11.5. The Bertz CT molecular complexity index is 670. The van der Waals surface area contributed by atoms with E-state index in [0.717, 1.165) is 17.8 Å². The summed E-state index contributed by atoms with van der Waals surface area (Å²) in [5.74, 6) is 2.65. The third-order valence-corrected chi connectivity index (χ3v) is 6.47. The molecule has 0 amide bonds. The molecule has 0 bridgehead atoms. The summed E-state index contributed by atoms with van der Waals surface area (Å²) in [6.45, 7) is 7.14. The van der Waals surface area contributed by atoms with Crippen molar-refractivity contribution in [2.75, 3.05) is 0 Å². The molecule has 3 rings (SSSR count). The van der Waals surface area contributed by atoms with Gasteiger partial charge in [-0.1, -0.05) is 52.5 Å². The van der Waals surface area contributed by atoms with Crippen LogP contribution in [0.4, 0.5) is 0 Å². The van der Waals surface area contributed by atoms with Gasteiger partial charge in [0.1, 0.15) is 0 Å². The van der Waals surface area contributed by atoms with E-state index in [1.165, 1.54) is 71.5 Å². The summed E-state index contributed by atoms with van der Waals surface area (Å²) in [5, 5.41) is 1.47. The number of hydrogen-bond acceptors (Lipinski definition) is 0. The Hall–Kier alpha value is -0.510. The van der Waals surface area contributed by atoms with Crippen molar-refractivity contribution in [2.45, 2.75) is 72.1 Å². The average molecular weight is 437 g/mol. The molecule has 1 nitrogen and oxygen atoms in total. The number of rotatable bonds is 7. The molecule has 1 heterocycles. The maximum atomic E-state index is 3.68. The van der Waals surface area contributed by atoms with Gasteiger partial charge in [0.05, 0.1) is 0 Å². The minimum atomic E-state index is 0.860. The maximum absolute atomic E-state index is 3.68. The van der Waals surface area contributed by atoms with Crippen molar-refractivity contribution in [3.8, 4) is 0 Å². The fraction of sp³-hybridized carbons (Fsp3) is 0.636. The smallest absolute Gasteiger partial charge is 0.0469 e. The molecule has 0 saturated carbocycles. The van der Waals surface area contributed by atoms with Crippen molar-refractivity contribution in [3.05, 3.63) is 33.0 Å². The molecule has 0 saturated heterocycles. The lowest BCUT2D eigenvalue weighted by molar-refractivity contribution is 0.354. The molecule has 2 aromatic rings. The van der Waals surface area contributed by atoms with Crippen LogP contribution in [-0.2, 0) is 12.8 Å². The highest BCUT2D eigenvalue weighted by Gasteiger charge is 2.22. The molecule has 1 aliphatic rings. The Morgan fingerprint density at radius 3 is 2.79 bits per heavy atom. The Morgan fingerprint density at radius 2 is 2.00 bits per heavy atom. The molecule has 0 fully saturated rings. The second-order valence-corrected chi connectivity index (χ2v) is 9.63. The number of nitrogens with one attached hydrogen (secondary N) is 1. The van der Waals surface area contributed by atoms with Crippen LogP contribution in [0.25, 0.3) is 10.9 Å². The van der Waals surface area contributed by atoms with Crippen molar-refractivity contribution in [1.29, 1.82) is 0 Å². The Labute approximate surface area is 161 Å². The van der Waals surface area contributed by atoms with E-state index in [4.69, 9.17) is 0 Å². The monoisotopic (exact) mass is 437 g/mol. The molecule has 1 aromatic heterocycles. The first-order valence-electron chi connectivity index (χ1n) is 9.82. The van der Waals surface area contributed by atoms with E-state index >= 15 is 0 Å². The molecule has 2 unspecified atom stereocenters. The lowest BCUT2D eigenvalue weighted by atomic mass is 9.82. The van der Waals surface area contributed by atoms with Gasteiger partial charge in [0.25, 0.3) is 0 Å². The zero-order valence-corrected chi connectivity index (χ0v) is 17.7. The van der Waals surface area contributed by atoms with Gasteiger partial charge in [-0.15, -0.1) is 0 Å². The van der Waals surface area contributed by atoms with Crippen LogP contribution in [0.15, 0.2) is 18.2 Å². The molecule has 2 heteroatoms. The van der Waals surface area contributed by atoms with Crippen LogP contribution >= 0.6 is 22.6 Å². The second kappa shape index (κ2) is 8.25. The molecule has 2 atom stereocenters. The third kappa shape index (κ3) is 4.56. The number of halogens is 1. The van der Waals surface area contributed by atoms with Gasteiger partial charge in [0, 0.05) is 20.2 Å². The third-order valence-electron chi connectivity index (χ3n) is 5.80. The predicted molar refractivity (Wildman–Crippen MR) is 114 cm³/mol. The maximum Gasteiger partial charge on any atom is 0.0469 e. The van der Waals surface area contributed by atoms with Gasteiger partial charge in [-0.2, -0.15) is 0 Å². The van der Waals surface area contributed by atoms with E-state index in [-0.39, 0.29) is 0 Å². The van der Waals surface area contributed by atoms with Crippen molar-refractivity contribution < 1.29 is 0 Å². The van der Waals surface area contributed by atoms with Gasteiger partial charge in [-0.3, -0.25) is 0 Å². The molecular formula is C22H32IN. The van der Waals surface area contributed by atoms with Gasteiger partial charge in [0.15, 0.2) is 0 Å². The normalized spacial score (nSPS) is 19.0. The fourth-order valence-corrected chi connectivity index (χ4v) is 4.75. The summed E-state index contributed by atoms with van der Waals surface area (Å²) in [7, 11) is 0. The van der Waals surface area contributed by atoms with Crippen molar-refractivity contribution in [2.24, 2.45) is 17.8 Å². The summed E-state index contributed by atoms with van der Waals surface area (Å²) in [6.07, 6.45) is 11.0. The molecule has 132 valence electrons. The van der Waals surface area contributed by atoms with Crippen LogP contribution in [0.1, 0.15) is 70.6 Å². The lowest BCUT2D eigenvalue weighted by Gasteiger charge is -2.24. The second-order valence-electron chi connectivity index (χ2n) is 8.39. The minimum Gasteiger partial charge on any atom is -0.358 e. The van der Waals surface area contributed by atoms with Crippen molar-refractivity contribution in [3.63, 3.8) is 0 Å². The van der Waals surface area contributed by atoms with E-state index in [0.29, 0.717) is 0 Å². The Balaban J connectivity index is 1.54. The summed E-state index contributed by atoms with van der Waals surface area (Å²) in [5.41, 5.74) is 4.47. The largest absolute Gasteiger partial charge is 0.358 e.